The fourth-order valence-electron chi connectivity index (χ4n) is 1.43. The first-order valence-electron chi connectivity index (χ1n) is 5.68. The molecule has 7 heteroatoms. The molecule has 0 saturated carbocycles. The summed E-state index contributed by atoms with van der Waals surface area (Å²) in [6, 6.07) is 5.05. The second-order valence-electron chi connectivity index (χ2n) is 3.74. The van der Waals surface area contributed by atoms with Gasteiger partial charge in [-0.05, 0) is 25.1 Å². The molecule has 0 saturated heterocycles. The normalized spacial score (nSPS) is 9.58. The molecule has 0 aromatic heterocycles. The van der Waals surface area contributed by atoms with Gasteiger partial charge in [0, 0.05) is 12.6 Å². The Hall–Kier alpha value is -2.57. The van der Waals surface area contributed by atoms with Gasteiger partial charge in [0.15, 0.2) is 5.96 Å². The molecule has 6 N–H and O–H groups in total. The maximum atomic E-state index is 7.91. The van der Waals surface area contributed by atoms with Crippen molar-refractivity contribution in [2.45, 2.75) is 6.92 Å². The zero-order chi connectivity index (χ0) is 14.4. The Morgan fingerprint density at radius 1 is 1.47 bits per heavy atom. The number of rotatable bonds is 5. The summed E-state index contributed by atoms with van der Waals surface area (Å²) in [5, 5.41) is 15.0. The first kappa shape index (κ1) is 14.5. The van der Waals surface area contributed by atoms with Crippen molar-refractivity contribution in [3.8, 4) is 5.75 Å². The van der Waals surface area contributed by atoms with Gasteiger partial charge in [0.1, 0.15) is 17.3 Å². The van der Waals surface area contributed by atoms with Crippen LogP contribution < -0.4 is 16.2 Å². The molecule has 1 rings (SSSR count). The van der Waals surface area contributed by atoms with E-state index in [4.69, 9.17) is 27.0 Å². The van der Waals surface area contributed by atoms with E-state index in [9.17, 15) is 0 Å². The number of amidine groups is 1. The van der Waals surface area contributed by atoms with Gasteiger partial charge in [0.2, 0.25) is 0 Å². The molecule has 0 aliphatic carbocycles. The third kappa shape index (κ3) is 3.70. The van der Waals surface area contributed by atoms with E-state index in [1.165, 1.54) is 4.90 Å². The minimum atomic E-state index is -0.0552. The summed E-state index contributed by atoms with van der Waals surface area (Å²) in [6.45, 7) is 2.31. The number of ether oxygens (including phenoxy) is 1. The largest absolute Gasteiger partial charge is 0.492 e. The van der Waals surface area contributed by atoms with Crippen LogP contribution in [0.15, 0.2) is 23.2 Å². The molecular formula is C12H18N6O. The molecule has 0 radical (unpaired) electrons. The highest BCUT2D eigenvalue weighted by molar-refractivity contribution is 6.02. The monoisotopic (exact) mass is 262 g/mol. The molecule has 0 amide bonds. The SMILES string of the molecule is CCOc1cc(C(=N)N(C)C=N)ccc1N=C(N)N. The van der Waals surface area contributed by atoms with Crippen LogP contribution in [0.2, 0.25) is 0 Å². The molecule has 0 aliphatic rings. The van der Waals surface area contributed by atoms with E-state index in [1.54, 1.807) is 25.2 Å². The van der Waals surface area contributed by atoms with Gasteiger partial charge in [-0.1, -0.05) is 0 Å². The number of benzene rings is 1. The maximum absolute atomic E-state index is 7.91. The molecule has 0 aliphatic heterocycles. The van der Waals surface area contributed by atoms with Crippen LogP contribution in [-0.4, -0.2) is 36.7 Å². The van der Waals surface area contributed by atoms with Gasteiger partial charge >= 0.3 is 0 Å². The van der Waals surface area contributed by atoms with Crippen molar-refractivity contribution in [3.63, 3.8) is 0 Å². The second kappa shape index (κ2) is 6.39. The Morgan fingerprint density at radius 2 is 2.16 bits per heavy atom. The van der Waals surface area contributed by atoms with E-state index in [0.717, 1.165) is 6.34 Å². The summed E-state index contributed by atoms with van der Waals surface area (Å²) in [4.78, 5) is 5.34. The van der Waals surface area contributed by atoms with Gasteiger partial charge in [-0.3, -0.25) is 10.8 Å². The first-order valence-corrected chi connectivity index (χ1v) is 5.68. The molecule has 1 aromatic rings. The van der Waals surface area contributed by atoms with E-state index in [2.05, 4.69) is 4.99 Å². The van der Waals surface area contributed by atoms with Crippen molar-refractivity contribution in [3.05, 3.63) is 23.8 Å². The third-order valence-corrected chi connectivity index (χ3v) is 2.33. The molecule has 19 heavy (non-hydrogen) atoms. The predicted molar refractivity (Wildman–Crippen MR) is 76.5 cm³/mol. The Kier molecular flexibility index (Phi) is 4.87. The van der Waals surface area contributed by atoms with Crippen LogP contribution >= 0.6 is 0 Å². The lowest BCUT2D eigenvalue weighted by Crippen LogP contribution is -2.24. The fourth-order valence-corrected chi connectivity index (χ4v) is 1.43. The number of hydrogen-bond donors (Lipinski definition) is 4. The van der Waals surface area contributed by atoms with Gasteiger partial charge in [0.05, 0.1) is 12.9 Å². The quantitative estimate of drug-likeness (QED) is 0.463. The summed E-state index contributed by atoms with van der Waals surface area (Å²) in [5.41, 5.74) is 11.8. The first-order chi connectivity index (χ1) is 8.99. The number of guanidine groups is 1. The lowest BCUT2D eigenvalue weighted by molar-refractivity contribution is 0.341. The summed E-state index contributed by atoms with van der Waals surface area (Å²) >= 11 is 0. The van der Waals surface area contributed by atoms with Crippen molar-refractivity contribution < 1.29 is 4.74 Å². The number of nitrogens with zero attached hydrogens (tertiary/aromatic N) is 2. The highest BCUT2D eigenvalue weighted by Crippen LogP contribution is 2.29. The lowest BCUT2D eigenvalue weighted by Gasteiger charge is -2.15. The molecular weight excluding hydrogens is 244 g/mol. The van der Waals surface area contributed by atoms with Crippen molar-refractivity contribution >= 4 is 23.8 Å². The summed E-state index contributed by atoms with van der Waals surface area (Å²) in [5.74, 6) is 0.629. The molecule has 0 heterocycles. The Labute approximate surface area is 111 Å². The zero-order valence-corrected chi connectivity index (χ0v) is 11.0. The molecule has 0 spiro atoms. The number of nitrogens with two attached hydrogens (primary N) is 2. The minimum absolute atomic E-state index is 0.0552. The Bertz CT molecular complexity index is 507. The van der Waals surface area contributed by atoms with Gasteiger partial charge < -0.3 is 21.1 Å². The lowest BCUT2D eigenvalue weighted by atomic mass is 10.1. The molecule has 0 atom stereocenters. The van der Waals surface area contributed by atoms with Crippen molar-refractivity contribution in [2.75, 3.05) is 13.7 Å². The summed E-state index contributed by atoms with van der Waals surface area (Å²) < 4.78 is 5.45. The summed E-state index contributed by atoms with van der Waals surface area (Å²) in [6.07, 6.45) is 1.06. The average molecular weight is 262 g/mol. The molecule has 102 valence electrons. The van der Waals surface area contributed by atoms with Crippen LogP contribution in [0.5, 0.6) is 5.75 Å². The fraction of sp³-hybridized carbons (Fsp3) is 0.250. The number of aliphatic imine (C=N–C) groups is 1. The van der Waals surface area contributed by atoms with Crippen molar-refractivity contribution in [1.29, 1.82) is 10.8 Å². The van der Waals surface area contributed by atoms with Crippen LogP contribution in [0.3, 0.4) is 0 Å². The van der Waals surface area contributed by atoms with E-state index in [0.29, 0.717) is 23.6 Å². The predicted octanol–water partition coefficient (Wildman–Crippen LogP) is 0.854. The van der Waals surface area contributed by atoms with Gasteiger partial charge in [-0.2, -0.15) is 0 Å². The molecule has 0 bridgehead atoms. The number of nitrogens with one attached hydrogen (secondary N) is 2. The third-order valence-electron chi connectivity index (χ3n) is 2.33. The van der Waals surface area contributed by atoms with Gasteiger partial charge in [-0.25, -0.2) is 4.99 Å². The highest BCUT2D eigenvalue weighted by Gasteiger charge is 2.10. The molecule has 1 aromatic carbocycles. The highest BCUT2D eigenvalue weighted by atomic mass is 16.5. The van der Waals surface area contributed by atoms with Gasteiger partial charge in [0.25, 0.3) is 0 Å². The van der Waals surface area contributed by atoms with E-state index >= 15 is 0 Å². The van der Waals surface area contributed by atoms with Crippen LogP contribution in [0, 0.1) is 10.8 Å². The summed E-state index contributed by atoms with van der Waals surface area (Å²) in [7, 11) is 1.62. The number of hydrogen-bond acceptors (Lipinski definition) is 4. The Balaban J connectivity index is 3.19. The van der Waals surface area contributed by atoms with E-state index in [1.807, 2.05) is 6.92 Å². The molecule has 7 nitrogen and oxygen atoms in total. The smallest absolute Gasteiger partial charge is 0.191 e. The van der Waals surface area contributed by atoms with Crippen LogP contribution in [0.25, 0.3) is 0 Å². The van der Waals surface area contributed by atoms with E-state index < -0.39 is 0 Å². The topological polar surface area (TPSA) is 125 Å². The van der Waals surface area contributed by atoms with Crippen molar-refractivity contribution in [1.82, 2.24) is 4.90 Å². The zero-order valence-electron chi connectivity index (χ0n) is 11.0. The van der Waals surface area contributed by atoms with Crippen LogP contribution in [-0.2, 0) is 0 Å². The maximum Gasteiger partial charge on any atom is 0.191 e. The van der Waals surface area contributed by atoms with Crippen LogP contribution in [0.1, 0.15) is 12.5 Å². The second-order valence-corrected chi connectivity index (χ2v) is 3.74. The Morgan fingerprint density at radius 3 is 2.68 bits per heavy atom. The minimum Gasteiger partial charge on any atom is -0.492 e. The van der Waals surface area contributed by atoms with Crippen LogP contribution in [0.4, 0.5) is 5.69 Å². The standard InChI is InChI=1S/C12H18N6O/c1-3-19-10-6-8(11(14)18(2)7-13)4-5-9(10)17-12(15)16/h4-7,13-14H,3H2,1-2H3,(H4,15,16,17). The average Bonchev–Trinajstić information content (AvgIpc) is 2.38. The molecule has 0 fully saturated rings. The van der Waals surface area contributed by atoms with Crippen molar-refractivity contribution in [2.24, 2.45) is 16.5 Å². The van der Waals surface area contributed by atoms with E-state index in [-0.39, 0.29) is 11.8 Å². The molecule has 0 unspecified atom stereocenters. The van der Waals surface area contributed by atoms with Gasteiger partial charge in [-0.15, -0.1) is 0 Å².